The van der Waals surface area contributed by atoms with Crippen LogP contribution in [0.2, 0.25) is 10.0 Å². The third-order valence-corrected chi connectivity index (χ3v) is 5.30. The van der Waals surface area contributed by atoms with Crippen molar-refractivity contribution in [1.29, 1.82) is 0 Å². The van der Waals surface area contributed by atoms with Crippen LogP contribution in [-0.4, -0.2) is 6.61 Å². The highest BCUT2D eigenvalue weighted by Crippen LogP contribution is 2.37. The van der Waals surface area contributed by atoms with Gasteiger partial charge in [-0.25, -0.2) is 4.39 Å². The van der Waals surface area contributed by atoms with Crippen LogP contribution in [0.5, 0.6) is 11.5 Å². The Morgan fingerprint density at radius 1 is 0.967 bits per heavy atom. The van der Waals surface area contributed by atoms with Gasteiger partial charge in [0.15, 0.2) is 11.5 Å². The van der Waals surface area contributed by atoms with Crippen molar-refractivity contribution in [3.05, 3.63) is 93.2 Å². The third-order valence-electron chi connectivity index (χ3n) is 4.67. The average Bonchev–Trinajstić information content (AvgIpc) is 2.73. The lowest BCUT2D eigenvalue weighted by molar-refractivity contribution is 0.269. The highest BCUT2D eigenvalue weighted by atomic mass is 35.5. The first-order valence-corrected chi connectivity index (χ1v) is 10.5. The van der Waals surface area contributed by atoms with E-state index in [1.807, 2.05) is 37.3 Å². The molecule has 0 spiro atoms. The Balaban J connectivity index is 1.73. The Bertz CT molecular complexity index is 982. The van der Waals surface area contributed by atoms with Gasteiger partial charge in [-0.1, -0.05) is 59.6 Å². The molecule has 0 aromatic heterocycles. The van der Waals surface area contributed by atoms with Gasteiger partial charge in [0.05, 0.1) is 16.7 Å². The molecular weight excluding hydrogens is 424 g/mol. The topological polar surface area (TPSA) is 30.5 Å². The van der Waals surface area contributed by atoms with Crippen LogP contribution in [0, 0.1) is 5.82 Å². The summed E-state index contributed by atoms with van der Waals surface area (Å²) in [6, 6.07) is 18.4. The molecule has 0 bridgehead atoms. The normalized spacial score (nSPS) is 11.9. The van der Waals surface area contributed by atoms with Gasteiger partial charge in [0.2, 0.25) is 0 Å². The molecular formula is C24H24Cl2FNO2. The molecule has 158 valence electrons. The van der Waals surface area contributed by atoms with E-state index < -0.39 is 5.82 Å². The van der Waals surface area contributed by atoms with Gasteiger partial charge in [0, 0.05) is 18.2 Å². The molecule has 0 amide bonds. The molecule has 6 heteroatoms. The molecule has 0 radical (unpaired) electrons. The Morgan fingerprint density at radius 3 is 2.43 bits per heavy atom. The van der Waals surface area contributed by atoms with Crippen molar-refractivity contribution >= 4 is 23.2 Å². The summed E-state index contributed by atoms with van der Waals surface area (Å²) in [6.45, 7) is 5.27. The van der Waals surface area contributed by atoms with Gasteiger partial charge in [-0.15, -0.1) is 0 Å². The Hall–Kier alpha value is -2.27. The predicted octanol–water partition coefficient (Wildman–Crippen LogP) is 6.96. The molecule has 0 aliphatic rings. The van der Waals surface area contributed by atoms with Crippen LogP contribution >= 0.6 is 23.2 Å². The first-order chi connectivity index (χ1) is 14.5. The number of nitrogens with one attached hydrogen (secondary N) is 1. The number of ether oxygens (including phenoxy) is 2. The number of hydrogen-bond donors (Lipinski definition) is 1. The predicted molar refractivity (Wildman–Crippen MR) is 120 cm³/mol. The van der Waals surface area contributed by atoms with E-state index in [1.165, 1.54) is 17.7 Å². The molecule has 3 rings (SSSR count). The van der Waals surface area contributed by atoms with E-state index in [0.29, 0.717) is 40.3 Å². The van der Waals surface area contributed by atoms with Crippen LogP contribution in [0.3, 0.4) is 0 Å². The second kappa shape index (κ2) is 10.7. The lowest BCUT2D eigenvalue weighted by atomic mass is 10.1. The molecule has 0 unspecified atom stereocenters. The summed E-state index contributed by atoms with van der Waals surface area (Å²) < 4.78 is 24.9. The Morgan fingerprint density at radius 2 is 1.73 bits per heavy atom. The van der Waals surface area contributed by atoms with Crippen molar-refractivity contribution in [2.45, 2.75) is 33.0 Å². The first kappa shape index (κ1) is 22.4. The van der Waals surface area contributed by atoms with Crippen LogP contribution in [0.15, 0.2) is 60.7 Å². The Labute approximate surface area is 186 Å². The van der Waals surface area contributed by atoms with Crippen molar-refractivity contribution in [2.24, 2.45) is 0 Å². The summed E-state index contributed by atoms with van der Waals surface area (Å²) in [7, 11) is 0. The van der Waals surface area contributed by atoms with Gasteiger partial charge in [-0.3, -0.25) is 0 Å². The van der Waals surface area contributed by atoms with Gasteiger partial charge in [0.1, 0.15) is 12.4 Å². The lowest BCUT2D eigenvalue weighted by Crippen LogP contribution is -2.18. The summed E-state index contributed by atoms with van der Waals surface area (Å²) in [5, 5.41) is 4.25. The number of rotatable bonds is 9. The molecule has 0 aliphatic carbocycles. The third kappa shape index (κ3) is 5.88. The molecule has 3 aromatic carbocycles. The molecule has 30 heavy (non-hydrogen) atoms. The number of halogens is 3. The maximum absolute atomic E-state index is 13.2. The number of benzene rings is 3. The van der Waals surface area contributed by atoms with E-state index in [-0.39, 0.29) is 12.6 Å². The zero-order valence-corrected chi connectivity index (χ0v) is 18.4. The van der Waals surface area contributed by atoms with E-state index in [4.69, 9.17) is 32.7 Å². The Kier molecular flexibility index (Phi) is 7.97. The average molecular weight is 448 g/mol. The molecule has 0 heterocycles. The smallest absolute Gasteiger partial charge is 0.180 e. The van der Waals surface area contributed by atoms with Gasteiger partial charge in [-0.2, -0.15) is 0 Å². The summed E-state index contributed by atoms with van der Waals surface area (Å²) in [5.41, 5.74) is 2.86. The summed E-state index contributed by atoms with van der Waals surface area (Å²) in [4.78, 5) is 0. The zero-order chi connectivity index (χ0) is 21.5. The van der Waals surface area contributed by atoms with Crippen LogP contribution in [0.4, 0.5) is 4.39 Å². The van der Waals surface area contributed by atoms with Crippen LogP contribution in [0.25, 0.3) is 0 Å². The maximum Gasteiger partial charge on any atom is 0.180 e. The van der Waals surface area contributed by atoms with Crippen molar-refractivity contribution in [3.63, 3.8) is 0 Å². The van der Waals surface area contributed by atoms with Gasteiger partial charge >= 0.3 is 0 Å². The van der Waals surface area contributed by atoms with E-state index in [9.17, 15) is 4.39 Å². The minimum absolute atomic E-state index is 0.154. The van der Waals surface area contributed by atoms with Crippen molar-refractivity contribution < 1.29 is 13.9 Å². The summed E-state index contributed by atoms with van der Waals surface area (Å²) in [6.07, 6.45) is 0. The molecule has 3 aromatic rings. The molecule has 1 N–H and O–H groups in total. The fourth-order valence-corrected chi connectivity index (χ4v) is 3.56. The summed E-state index contributed by atoms with van der Waals surface area (Å²) in [5.74, 6) is 0.615. The zero-order valence-electron chi connectivity index (χ0n) is 16.9. The molecule has 0 saturated heterocycles. The SMILES string of the molecule is CCOc1cc(CN[C@H](C)c2ccccc2)cc(Cl)c1OCc1ccc(F)cc1Cl. The van der Waals surface area contributed by atoms with Crippen molar-refractivity contribution in [3.8, 4) is 11.5 Å². The van der Waals surface area contributed by atoms with Crippen LogP contribution < -0.4 is 14.8 Å². The maximum atomic E-state index is 13.2. The molecule has 1 atom stereocenters. The first-order valence-electron chi connectivity index (χ1n) is 9.78. The van der Waals surface area contributed by atoms with E-state index in [0.717, 1.165) is 5.56 Å². The fourth-order valence-electron chi connectivity index (χ4n) is 3.05. The summed E-state index contributed by atoms with van der Waals surface area (Å²) >= 11 is 12.6. The lowest BCUT2D eigenvalue weighted by Gasteiger charge is -2.18. The van der Waals surface area contributed by atoms with E-state index >= 15 is 0 Å². The van der Waals surface area contributed by atoms with Gasteiger partial charge in [-0.05, 0) is 49.2 Å². The van der Waals surface area contributed by atoms with Crippen molar-refractivity contribution in [1.82, 2.24) is 5.32 Å². The van der Waals surface area contributed by atoms with Crippen molar-refractivity contribution in [2.75, 3.05) is 6.61 Å². The quantitative estimate of drug-likeness (QED) is 0.384. The van der Waals surface area contributed by atoms with E-state index in [2.05, 4.69) is 24.4 Å². The van der Waals surface area contributed by atoms with Crippen LogP contribution in [-0.2, 0) is 13.2 Å². The van der Waals surface area contributed by atoms with Gasteiger partial charge in [0.25, 0.3) is 0 Å². The highest BCUT2D eigenvalue weighted by Gasteiger charge is 2.15. The minimum atomic E-state index is -0.390. The molecule has 0 saturated carbocycles. The second-order valence-corrected chi connectivity index (χ2v) is 7.69. The monoisotopic (exact) mass is 447 g/mol. The molecule has 0 fully saturated rings. The van der Waals surface area contributed by atoms with Gasteiger partial charge < -0.3 is 14.8 Å². The fraction of sp³-hybridized carbons (Fsp3) is 0.250. The molecule has 0 aliphatic heterocycles. The van der Waals surface area contributed by atoms with Crippen LogP contribution in [0.1, 0.15) is 36.6 Å². The molecule has 3 nitrogen and oxygen atoms in total. The largest absolute Gasteiger partial charge is 0.490 e. The standard InChI is InChI=1S/C24H24Cl2FNO2/c1-3-29-23-12-17(14-28-16(2)18-7-5-4-6-8-18)11-22(26)24(23)30-15-19-9-10-20(27)13-21(19)25/h4-13,16,28H,3,14-15H2,1-2H3/t16-/m1/s1. The minimum Gasteiger partial charge on any atom is -0.490 e. The number of hydrogen-bond acceptors (Lipinski definition) is 3. The second-order valence-electron chi connectivity index (χ2n) is 6.88. The van der Waals surface area contributed by atoms with E-state index in [1.54, 1.807) is 6.07 Å². The highest BCUT2D eigenvalue weighted by molar-refractivity contribution is 6.32.